The molecule has 2 aliphatic carbocycles. The topological polar surface area (TPSA) is 23.5 Å². The summed E-state index contributed by atoms with van der Waals surface area (Å²) in [6.45, 7) is 3.41. The van der Waals surface area contributed by atoms with Crippen LogP contribution in [0.2, 0.25) is 0 Å². The quantitative estimate of drug-likeness (QED) is 0.894. The first-order valence-corrected chi connectivity index (χ1v) is 8.27. The molecule has 2 fully saturated rings. The van der Waals surface area contributed by atoms with E-state index >= 15 is 0 Å². The maximum absolute atomic E-state index is 10.7. The van der Waals surface area contributed by atoms with Crippen LogP contribution in [0.3, 0.4) is 0 Å². The maximum atomic E-state index is 10.7. The van der Waals surface area contributed by atoms with E-state index in [2.05, 4.69) is 29.2 Å². The Balaban J connectivity index is 1.40. The van der Waals surface area contributed by atoms with Crippen molar-refractivity contribution in [3.63, 3.8) is 0 Å². The van der Waals surface area contributed by atoms with Crippen LogP contribution in [-0.2, 0) is 6.42 Å². The van der Waals surface area contributed by atoms with Crippen LogP contribution in [0.4, 0.5) is 0 Å². The van der Waals surface area contributed by atoms with E-state index in [1.165, 1.54) is 32.2 Å². The zero-order valence-corrected chi connectivity index (χ0v) is 12.2. The molecule has 1 heterocycles. The van der Waals surface area contributed by atoms with Crippen LogP contribution in [0.15, 0.2) is 24.3 Å². The Morgan fingerprint density at radius 2 is 2.10 bits per heavy atom. The second-order valence-electron chi connectivity index (χ2n) is 7.16. The number of benzene rings is 1. The van der Waals surface area contributed by atoms with E-state index in [1.807, 2.05) is 0 Å². The van der Waals surface area contributed by atoms with Gasteiger partial charge in [-0.05, 0) is 36.8 Å². The first kappa shape index (κ1) is 12.8. The van der Waals surface area contributed by atoms with Crippen LogP contribution in [-0.4, -0.2) is 35.2 Å². The molecule has 0 aromatic heterocycles. The number of aliphatic hydroxyl groups is 1. The Kier molecular flexibility index (Phi) is 3.12. The summed E-state index contributed by atoms with van der Waals surface area (Å²) >= 11 is 0. The normalized spacial score (nSPS) is 36.9. The summed E-state index contributed by atoms with van der Waals surface area (Å²) in [5.74, 6) is 1.27. The van der Waals surface area contributed by atoms with Gasteiger partial charge in [-0.2, -0.15) is 0 Å². The molecular formula is C18H25NO. The third-order valence-corrected chi connectivity index (χ3v) is 5.95. The minimum atomic E-state index is -0.327. The molecule has 4 rings (SSSR count). The Hall–Kier alpha value is -0.860. The molecular weight excluding hydrogens is 246 g/mol. The number of fused-ring (bicyclic) bond motifs is 2. The average Bonchev–Trinajstić information content (AvgIpc) is 2.45. The average molecular weight is 271 g/mol. The zero-order chi connectivity index (χ0) is 13.6. The van der Waals surface area contributed by atoms with Crippen molar-refractivity contribution in [1.29, 1.82) is 0 Å². The van der Waals surface area contributed by atoms with E-state index in [-0.39, 0.29) is 5.60 Å². The summed E-state index contributed by atoms with van der Waals surface area (Å²) in [5, 5.41) is 10.7. The van der Waals surface area contributed by atoms with E-state index < -0.39 is 0 Å². The molecule has 3 aliphatic rings. The van der Waals surface area contributed by atoms with Crippen LogP contribution in [0.5, 0.6) is 0 Å². The lowest BCUT2D eigenvalue weighted by Crippen LogP contribution is -2.54. The Bertz CT molecular complexity index is 500. The van der Waals surface area contributed by atoms with Gasteiger partial charge in [0.15, 0.2) is 0 Å². The van der Waals surface area contributed by atoms with Gasteiger partial charge in [0.1, 0.15) is 0 Å². The highest BCUT2D eigenvalue weighted by Gasteiger charge is 2.43. The van der Waals surface area contributed by atoms with Crippen molar-refractivity contribution in [3.8, 4) is 0 Å². The molecule has 1 aromatic rings. The van der Waals surface area contributed by atoms with Gasteiger partial charge in [-0.15, -0.1) is 0 Å². The lowest BCUT2D eigenvalue weighted by atomic mass is 9.70. The number of rotatable bonds is 2. The van der Waals surface area contributed by atoms with Crippen molar-refractivity contribution >= 4 is 0 Å². The highest BCUT2D eigenvalue weighted by molar-refractivity contribution is 5.40. The van der Waals surface area contributed by atoms with Crippen LogP contribution < -0.4 is 0 Å². The standard InChI is InChI=1S/C18H25NO/c20-18-8-4-3-6-16(18)13-19(10-9-18)12-15-11-14-5-1-2-7-17(14)15/h1-2,5,7,15-16,20H,3-4,6,8-13H2. The summed E-state index contributed by atoms with van der Waals surface area (Å²) in [6, 6.07) is 8.88. The summed E-state index contributed by atoms with van der Waals surface area (Å²) in [6.07, 6.45) is 7.05. The lowest BCUT2D eigenvalue weighted by Gasteiger charge is -2.48. The molecule has 0 bridgehead atoms. The van der Waals surface area contributed by atoms with Crippen molar-refractivity contribution in [2.75, 3.05) is 19.6 Å². The van der Waals surface area contributed by atoms with Gasteiger partial charge in [-0.3, -0.25) is 0 Å². The number of hydrogen-bond acceptors (Lipinski definition) is 2. The van der Waals surface area contributed by atoms with E-state index in [1.54, 1.807) is 11.1 Å². The van der Waals surface area contributed by atoms with Crippen molar-refractivity contribution in [2.45, 2.75) is 50.0 Å². The highest BCUT2D eigenvalue weighted by Crippen LogP contribution is 2.41. The molecule has 3 atom stereocenters. The molecule has 2 heteroatoms. The highest BCUT2D eigenvalue weighted by atomic mass is 16.3. The lowest BCUT2D eigenvalue weighted by molar-refractivity contribution is -0.0962. The summed E-state index contributed by atoms with van der Waals surface area (Å²) in [7, 11) is 0. The van der Waals surface area contributed by atoms with E-state index in [4.69, 9.17) is 0 Å². The fourth-order valence-corrected chi connectivity index (χ4v) is 4.64. The molecule has 1 N–H and O–H groups in total. The number of hydrogen-bond donors (Lipinski definition) is 1. The first-order chi connectivity index (χ1) is 9.74. The summed E-state index contributed by atoms with van der Waals surface area (Å²) in [4.78, 5) is 2.62. The SMILES string of the molecule is OC12CCCCC1CN(CC1Cc3ccccc31)CC2. The molecule has 1 aromatic carbocycles. The van der Waals surface area contributed by atoms with Crippen LogP contribution in [0.1, 0.15) is 49.1 Å². The van der Waals surface area contributed by atoms with Crippen molar-refractivity contribution in [2.24, 2.45) is 5.92 Å². The minimum absolute atomic E-state index is 0.327. The van der Waals surface area contributed by atoms with Gasteiger partial charge >= 0.3 is 0 Å². The van der Waals surface area contributed by atoms with Crippen molar-refractivity contribution in [1.82, 2.24) is 4.90 Å². The monoisotopic (exact) mass is 271 g/mol. The molecule has 0 spiro atoms. The third kappa shape index (κ3) is 2.10. The molecule has 3 unspecified atom stereocenters. The maximum Gasteiger partial charge on any atom is 0.0700 e. The van der Waals surface area contributed by atoms with Crippen LogP contribution in [0, 0.1) is 5.92 Å². The predicted octanol–water partition coefficient (Wildman–Crippen LogP) is 2.95. The van der Waals surface area contributed by atoms with Gasteiger partial charge in [0.2, 0.25) is 0 Å². The molecule has 1 aliphatic heterocycles. The van der Waals surface area contributed by atoms with Crippen molar-refractivity contribution in [3.05, 3.63) is 35.4 Å². The van der Waals surface area contributed by atoms with Gasteiger partial charge in [-0.1, -0.05) is 37.1 Å². The Morgan fingerprint density at radius 3 is 3.00 bits per heavy atom. The molecule has 2 nitrogen and oxygen atoms in total. The third-order valence-electron chi connectivity index (χ3n) is 5.95. The second kappa shape index (κ2) is 4.85. The van der Waals surface area contributed by atoms with E-state index in [0.29, 0.717) is 5.92 Å². The zero-order valence-electron chi connectivity index (χ0n) is 12.2. The van der Waals surface area contributed by atoms with Gasteiger partial charge in [0.25, 0.3) is 0 Å². The molecule has 0 radical (unpaired) electrons. The molecule has 108 valence electrons. The number of likely N-dealkylation sites (tertiary alicyclic amines) is 1. The van der Waals surface area contributed by atoms with Gasteiger partial charge in [-0.25, -0.2) is 0 Å². The predicted molar refractivity (Wildman–Crippen MR) is 80.9 cm³/mol. The second-order valence-corrected chi connectivity index (χ2v) is 7.16. The number of nitrogens with zero attached hydrogens (tertiary/aromatic N) is 1. The minimum Gasteiger partial charge on any atom is -0.390 e. The smallest absolute Gasteiger partial charge is 0.0700 e. The van der Waals surface area contributed by atoms with E-state index in [9.17, 15) is 5.11 Å². The van der Waals surface area contributed by atoms with E-state index in [0.717, 1.165) is 31.8 Å². The fourth-order valence-electron chi connectivity index (χ4n) is 4.64. The van der Waals surface area contributed by atoms with Gasteiger partial charge in [0.05, 0.1) is 5.60 Å². The molecule has 0 amide bonds. The number of piperidine rings is 1. The summed E-state index contributed by atoms with van der Waals surface area (Å²) < 4.78 is 0. The fraction of sp³-hybridized carbons (Fsp3) is 0.667. The Labute approximate surface area is 121 Å². The van der Waals surface area contributed by atoms with Crippen LogP contribution in [0.25, 0.3) is 0 Å². The largest absolute Gasteiger partial charge is 0.390 e. The Morgan fingerprint density at radius 1 is 1.20 bits per heavy atom. The van der Waals surface area contributed by atoms with Gasteiger partial charge < -0.3 is 10.0 Å². The van der Waals surface area contributed by atoms with Gasteiger partial charge in [0, 0.05) is 31.5 Å². The van der Waals surface area contributed by atoms with Crippen molar-refractivity contribution < 1.29 is 5.11 Å². The first-order valence-electron chi connectivity index (χ1n) is 8.27. The summed E-state index contributed by atoms with van der Waals surface area (Å²) in [5.41, 5.74) is 2.78. The van der Waals surface area contributed by atoms with Crippen LogP contribution >= 0.6 is 0 Å². The molecule has 1 saturated carbocycles. The molecule has 1 saturated heterocycles. The molecule has 20 heavy (non-hydrogen) atoms.